The van der Waals surface area contributed by atoms with Crippen LogP contribution in [0.4, 0.5) is 5.69 Å². The van der Waals surface area contributed by atoms with E-state index in [4.69, 9.17) is 23.2 Å². The lowest BCUT2D eigenvalue weighted by atomic mass is 10.3. The molecule has 1 aromatic carbocycles. The van der Waals surface area contributed by atoms with Gasteiger partial charge in [-0.3, -0.25) is 0 Å². The predicted molar refractivity (Wildman–Crippen MR) is 59.8 cm³/mol. The molecule has 0 unspecified atom stereocenters. The van der Waals surface area contributed by atoms with Crippen LogP contribution < -0.4 is 5.32 Å². The van der Waals surface area contributed by atoms with Gasteiger partial charge in [0, 0.05) is 6.54 Å². The smallest absolute Gasteiger partial charge is 0.0721 e. The van der Waals surface area contributed by atoms with E-state index >= 15 is 0 Å². The molecule has 0 aliphatic carbocycles. The maximum Gasteiger partial charge on any atom is 0.0721 e. The fourth-order valence-corrected chi connectivity index (χ4v) is 1.44. The van der Waals surface area contributed by atoms with E-state index in [1.54, 1.807) is 12.1 Å². The molecule has 0 saturated carbocycles. The fourth-order valence-electron chi connectivity index (χ4n) is 0.906. The van der Waals surface area contributed by atoms with Gasteiger partial charge in [0.1, 0.15) is 0 Å². The standard InChI is InChI=1S/C10H11Cl2N/c1-7(2)6-13-10-8(11)4-3-5-9(10)12/h3-5,13H,1,6H2,2H3. The molecular weight excluding hydrogens is 205 g/mol. The lowest BCUT2D eigenvalue weighted by molar-refractivity contribution is 1.22. The van der Waals surface area contributed by atoms with Crippen LogP contribution in [0, 0.1) is 0 Å². The first-order valence-electron chi connectivity index (χ1n) is 3.93. The van der Waals surface area contributed by atoms with Gasteiger partial charge >= 0.3 is 0 Å². The molecule has 1 aromatic rings. The average molecular weight is 216 g/mol. The summed E-state index contributed by atoms with van der Waals surface area (Å²) in [5.41, 5.74) is 1.81. The number of hydrogen-bond donors (Lipinski definition) is 1. The first kappa shape index (κ1) is 10.4. The van der Waals surface area contributed by atoms with Crippen molar-refractivity contribution in [3.05, 3.63) is 40.4 Å². The normalized spacial score (nSPS) is 9.77. The van der Waals surface area contributed by atoms with E-state index in [-0.39, 0.29) is 0 Å². The molecule has 0 atom stereocenters. The van der Waals surface area contributed by atoms with Crippen molar-refractivity contribution >= 4 is 28.9 Å². The quantitative estimate of drug-likeness (QED) is 0.753. The Morgan fingerprint density at radius 2 is 1.92 bits per heavy atom. The van der Waals surface area contributed by atoms with Gasteiger partial charge in [0.2, 0.25) is 0 Å². The highest BCUT2D eigenvalue weighted by Crippen LogP contribution is 2.29. The summed E-state index contributed by atoms with van der Waals surface area (Å²) in [6.07, 6.45) is 0. The Kier molecular flexibility index (Phi) is 3.64. The van der Waals surface area contributed by atoms with Gasteiger partial charge in [-0.15, -0.1) is 0 Å². The van der Waals surface area contributed by atoms with Gasteiger partial charge in [-0.2, -0.15) is 0 Å². The van der Waals surface area contributed by atoms with Crippen LogP contribution in [0.2, 0.25) is 10.0 Å². The second-order valence-corrected chi connectivity index (χ2v) is 3.72. The molecule has 0 bridgehead atoms. The first-order valence-corrected chi connectivity index (χ1v) is 4.69. The molecule has 13 heavy (non-hydrogen) atoms. The Hall–Kier alpha value is -0.660. The third kappa shape index (κ3) is 2.94. The van der Waals surface area contributed by atoms with E-state index in [9.17, 15) is 0 Å². The number of para-hydroxylation sites is 1. The molecule has 0 fully saturated rings. The van der Waals surface area contributed by atoms with Crippen LogP contribution in [-0.2, 0) is 0 Å². The molecule has 0 radical (unpaired) electrons. The molecule has 0 heterocycles. The topological polar surface area (TPSA) is 12.0 Å². The molecular formula is C10H11Cl2N. The van der Waals surface area contributed by atoms with E-state index in [1.165, 1.54) is 0 Å². The van der Waals surface area contributed by atoms with Crippen molar-refractivity contribution in [2.24, 2.45) is 0 Å². The van der Waals surface area contributed by atoms with Crippen molar-refractivity contribution in [3.63, 3.8) is 0 Å². The van der Waals surface area contributed by atoms with Crippen molar-refractivity contribution in [3.8, 4) is 0 Å². The van der Waals surface area contributed by atoms with Gasteiger partial charge in [0.25, 0.3) is 0 Å². The summed E-state index contributed by atoms with van der Waals surface area (Å²) in [5.74, 6) is 0. The Labute approximate surface area is 88.4 Å². The molecule has 1 N–H and O–H groups in total. The van der Waals surface area contributed by atoms with Crippen LogP contribution in [0.5, 0.6) is 0 Å². The second kappa shape index (κ2) is 4.54. The number of anilines is 1. The summed E-state index contributed by atoms with van der Waals surface area (Å²) in [4.78, 5) is 0. The fraction of sp³-hybridized carbons (Fsp3) is 0.200. The lowest BCUT2D eigenvalue weighted by Gasteiger charge is -2.09. The van der Waals surface area contributed by atoms with E-state index < -0.39 is 0 Å². The highest BCUT2D eigenvalue weighted by molar-refractivity contribution is 6.39. The van der Waals surface area contributed by atoms with E-state index in [0.717, 1.165) is 11.3 Å². The summed E-state index contributed by atoms with van der Waals surface area (Å²) in [5, 5.41) is 4.38. The van der Waals surface area contributed by atoms with Crippen LogP contribution in [-0.4, -0.2) is 6.54 Å². The second-order valence-electron chi connectivity index (χ2n) is 2.91. The van der Waals surface area contributed by atoms with Crippen molar-refractivity contribution < 1.29 is 0 Å². The van der Waals surface area contributed by atoms with Crippen molar-refractivity contribution in [1.29, 1.82) is 0 Å². The number of rotatable bonds is 3. The number of halogens is 2. The van der Waals surface area contributed by atoms with Crippen molar-refractivity contribution in [2.45, 2.75) is 6.92 Å². The van der Waals surface area contributed by atoms with Crippen molar-refractivity contribution in [1.82, 2.24) is 0 Å². The highest BCUT2D eigenvalue weighted by atomic mass is 35.5. The third-order valence-corrected chi connectivity index (χ3v) is 2.16. The van der Waals surface area contributed by atoms with Crippen LogP contribution in [0.1, 0.15) is 6.92 Å². The van der Waals surface area contributed by atoms with Gasteiger partial charge in [-0.05, 0) is 19.1 Å². The lowest BCUT2D eigenvalue weighted by Crippen LogP contribution is -2.02. The zero-order chi connectivity index (χ0) is 9.84. The zero-order valence-electron chi connectivity index (χ0n) is 7.40. The largest absolute Gasteiger partial charge is 0.379 e. The van der Waals surface area contributed by atoms with Crippen LogP contribution >= 0.6 is 23.2 Å². The van der Waals surface area contributed by atoms with Crippen LogP contribution in [0.25, 0.3) is 0 Å². The SMILES string of the molecule is C=C(C)CNc1c(Cl)cccc1Cl. The Bertz CT molecular complexity index is 300. The van der Waals surface area contributed by atoms with Gasteiger partial charge < -0.3 is 5.32 Å². The maximum absolute atomic E-state index is 5.94. The molecule has 0 saturated heterocycles. The third-order valence-electron chi connectivity index (χ3n) is 1.53. The molecule has 1 nitrogen and oxygen atoms in total. The summed E-state index contributed by atoms with van der Waals surface area (Å²) in [7, 11) is 0. The summed E-state index contributed by atoms with van der Waals surface area (Å²) in [6, 6.07) is 5.42. The number of nitrogens with one attached hydrogen (secondary N) is 1. The summed E-state index contributed by atoms with van der Waals surface area (Å²) in [6.45, 7) is 6.41. The monoisotopic (exact) mass is 215 g/mol. The minimum absolute atomic E-state index is 0.633. The molecule has 0 aliphatic heterocycles. The van der Waals surface area contributed by atoms with Gasteiger partial charge in [0.15, 0.2) is 0 Å². The van der Waals surface area contributed by atoms with Crippen LogP contribution in [0.3, 0.4) is 0 Å². The van der Waals surface area contributed by atoms with Crippen molar-refractivity contribution in [2.75, 3.05) is 11.9 Å². The molecule has 3 heteroatoms. The van der Waals surface area contributed by atoms with Gasteiger partial charge in [-0.25, -0.2) is 0 Å². The van der Waals surface area contributed by atoms with E-state index in [1.807, 2.05) is 13.0 Å². The molecule has 0 amide bonds. The molecule has 0 aromatic heterocycles. The Balaban J connectivity index is 2.81. The van der Waals surface area contributed by atoms with Gasteiger partial charge in [-0.1, -0.05) is 41.4 Å². The number of benzene rings is 1. The number of hydrogen-bond acceptors (Lipinski definition) is 1. The van der Waals surface area contributed by atoms with E-state index in [2.05, 4.69) is 11.9 Å². The molecule has 0 spiro atoms. The summed E-state index contributed by atoms with van der Waals surface area (Å²) >= 11 is 11.9. The van der Waals surface area contributed by atoms with Gasteiger partial charge in [0.05, 0.1) is 15.7 Å². The minimum Gasteiger partial charge on any atom is -0.379 e. The molecule has 70 valence electrons. The Morgan fingerprint density at radius 1 is 1.38 bits per heavy atom. The summed E-state index contributed by atoms with van der Waals surface area (Å²) < 4.78 is 0. The van der Waals surface area contributed by atoms with Crippen LogP contribution in [0.15, 0.2) is 30.4 Å². The molecule has 0 aliphatic rings. The van der Waals surface area contributed by atoms with E-state index in [0.29, 0.717) is 16.6 Å². The average Bonchev–Trinajstić information content (AvgIpc) is 2.03. The predicted octanol–water partition coefficient (Wildman–Crippen LogP) is 3.98. The first-order chi connectivity index (χ1) is 6.11. The minimum atomic E-state index is 0.633. The maximum atomic E-state index is 5.94. The highest BCUT2D eigenvalue weighted by Gasteiger charge is 2.03. The molecule has 1 rings (SSSR count). The Morgan fingerprint density at radius 3 is 2.38 bits per heavy atom. The zero-order valence-corrected chi connectivity index (χ0v) is 8.91.